The Morgan fingerprint density at radius 1 is 1.24 bits per heavy atom. The van der Waals surface area contributed by atoms with Crippen LogP contribution in [0, 0.1) is 5.82 Å². The van der Waals surface area contributed by atoms with Crippen LogP contribution >= 0.6 is 0 Å². The van der Waals surface area contributed by atoms with Crippen molar-refractivity contribution in [1.82, 2.24) is 4.90 Å². The van der Waals surface area contributed by atoms with Gasteiger partial charge in [-0.15, -0.1) is 0 Å². The highest BCUT2D eigenvalue weighted by molar-refractivity contribution is 5.80. The first-order chi connectivity index (χ1) is 12.0. The van der Waals surface area contributed by atoms with Crippen molar-refractivity contribution in [3.8, 4) is 11.1 Å². The van der Waals surface area contributed by atoms with Crippen LogP contribution in [-0.4, -0.2) is 46.3 Å². The van der Waals surface area contributed by atoms with Crippen LogP contribution in [-0.2, 0) is 4.79 Å². The summed E-state index contributed by atoms with van der Waals surface area (Å²) < 4.78 is 13.9. The molecule has 1 aliphatic heterocycles. The predicted molar refractivity (Wildman–Crippen MR) is 92.0 cm³/mol. The second-order valence-corrected chi connectivity index (χ2v) is 6.30. The molecule has 6 heteroatoms. The predicted octanol–water partition coefficient (Wildman–Crippen LogP) is 1.45. The Hall–Kier alpha value is -2.28. The van der Waals surface area contributed by atoms with Gasteiger partial charge in [0.15, 0.2) is 0 Å². The molecule has 1 heterocycles. The summed E-state index contributed by atoms with van der Waals surface area (Å²) in [5.74, 6) is -0.816. The number of hydrogen-bond donors (Lipinski definition) is 3. The third kappa shape index (κ3) is 3.56. The smallest absolute Gasteiger partial charge is 0.234 e. The summed E-state index contributed by atoms with van der Waals surface area (Å²) in [6.45, 7) is 0.0590. The molecule has 0 spiro atoms. The molecule has 1 amide bonds. The molecular formula is C19H21FN2O3. The van der Waals surface area contributed by atoms with Crippen molar-refractivity contribution in [2.75, 3.05) is 13.2 Å². The van der Waals surface area contributed by atoms with E-state index in [1.54, 1.807) is 47.4 Å². The van der Waals surface area contributed by atoms with Crippen LogP contribution < -0.4 is 5.73 Å². The summed E-state index contributed by atoms with van der Waals surface area (Å²) in [6, 6.07) is 12.6. The SMILES string of the molecule is NC(=O)C1CC(O)CN1[C@@H](CO)c1ccc(-c2ccccc2F)cc1. The molecule has 2 unspecified atom stereocenters. The first kappa shape index (κ1) is 17.5. The number of nitrogens with zero attached hydrogens (tertiary/aromatic N) is 1. The maximum absolute atomic E-state index is 13.9. The summed E-state index contributed by atoms with van der Waals surface area (Å²) in [7, 11) is 0. The number of rotatable bonds is 5. The van der Waals surface area contributed by atoms with Gasteiger partial charge in [0.2, 0.25) is 5.91 Å². The van der Waals surface area contributed by atoms with Crippen molar-refractivity contribution >= 4 is 5.91 Å². The summed E-state index contributed by atoms with van der Waals surface area (Å²) in [6.07, 6.45) is -0.386. The molecule has 5 nitrogen and oxygen atoms in total. The van der Waals surface area contributed by atoms with Crippen molar-refractivity contribution in [3.05, 3.63) is 59.9 Å². The Morgan fingerprint density at radius 2 is 1.92 bits per heavy atom. The number of aliphatic hydroxyl groups is 2. The number of halogens is 1. The normalized spacial score (nSPS) is 22.0. The molecule has 4 N–H and O–H groups in total. The molecule has 2 aromatic carbocycles. The van der Waals surface area contributed by atoms with Gasteiger partial charge in [-0.1, -0.05) is 42.5 Å². The molecule has 0 aliphatic carbocycles. The molecule has 0 saturated carbocycles. The minimum Gasteiger partial charge on any atom is -0.394 e. The van der Waals surface area contributed by atoms with Crippen LogP contribution in [0.3, 0.4) is 0 Å². The van der Waals surface area contributed by atoms with E-state index in [4.69, 9.17) is 5.73 Å². The van der Waals surface area contributed by atoms with Gasteiger partial charge in [0.25, 0.3) is 0 Å². The van der Waals surface area contributed by atoms with Gasteiger partial charge < -0.3 is 15.9 Å². The number of amides is 1. The summed E-state index contributed by atoms with van der Waals surface area (Å²) >= 11 is 0. The zero-order valence-corrected chi connectivity index (χ0v) is 13.7. The van der Waals surface area contributed by atoms with Crippen LogP contribution in [0.1, 0.15) is 18.0 Å². The molecule has 0 aromatic heterocycles. The Balaban J connectivity index is 1.87. The van der Waals surface area contributed by atoms with Gasteiger partial charge in [0.05, 0.1) is 24.8 Å². The number of carbonyl (C=O) groups excluding carboxylic acids is 1. The molecule has 0 radical (unpaired) electrons. The molecule has 1 saturated heterocycles. The van der Waals surface area contributed by atoms with E-state index in [0.717, 1.165) is 11.1 Å². The average molecular weight is 344 g/mol. The highest BCUT2D eigenvalue weighted by Crippen LogP contribution is 2.31. The number of primary amides is 1. The van der Waals surface area contributed by atoms with Crippen LogP contribution in [0.5, 0.6) is 0 Å². The lowest BCUT2D eigenvalue weighted by Crippen LogP contribution is -2.43. The quantitative estimate of drug-likeness (QED) is 0.766. The van der Waals surface area contributed by atoms with Gasteiger partial charge in [-0.25, -0.2) is 4.39 Å². The largest absolute Gasteiger partial charge is 0.394 e. The van der Waals surface area contributed by atoms with Gasteiger partial charge in [-0.05, 0) is 23.6 Å². The van der Waals surface area contributed by atoms with Gasteiger partial charge in [0, 0.05) is 12.1 Å². The Labute approximate surface area is 145 Å². The van der Waals surface area contributed by atoms with Crippen molar-refractivity contribution in [1.29, 1.82) is 0 Å². The first-order valence-corrected chi connectivity index (χ1v) is 8.20. The van der Waals surface area contributed by atoms with E-state index in [0.29, 0.717) is 5.56 Å². The second kappa shape index (κ2) is 7.31. The standard InChI is InChI=1S/C19H21FN2O3/c20-16-4-2-1-3-15(16)12-5-7-13(8-6-12)18(11-23)22-10-14(24)9-17(22)19(21)25/h1-8,14,17-18,23-24H,9-11H2,(H2,21,25)/t14?,17?,18-/m0/s1. The summed E-state index contributed by atoms with van der Waals surface area (Å²) in [4.78, 5) is 13.4. The molecule has 1 fully saturated rings. The van der Waals surface area contributed by atoms with Crippen molar-refractivity contribution in [2.24, 2.45) is 5.73 Å². The van der Waals surface area contributed by atoms with Crippen molar-refractivity contribution < 1.29 is 19.4 Å². The fraction of sp³-hybridized carbons (Fsp3) is 0.316. The molecule has 132 valence electrons. The number of likely N-dealkylation sites (tertiary alicyclic amines) is 1. The zero-order valence-electron chi connectivity index (χ0n) is 13.7. The van der Waals surface area contributed by atoms with Crippen LogP contribution in [0.4, 0.5) is 4.39 Å². The van der Waals surface area contributed by atoms with Gasteiger partial charge >= 0.3 is 0 Å². The number of benzene rings is 2. The van der Waals surface area contributed by atoms with Crippen LogP contribution in [0.2, 0.25) is 0 Å². The first-order valence-electron chi connectivity index (χ1n) is 8.20. The third-order valence-corrected chi connectivity index (χ3v) is 4.70. The number of nitrogens with two attached hydrogens (primary N) is 1. The van der Waals surface area contributed by atoms with Crippen LogP contribution in [0.25, 0.3) is 11.1 Å². The molecule has 25 heavy (non-hydrogen) atoms. The lowest BCUT2D eigenvalue weighted by molar-refractivity contribution is -0.123. The fourth-order valence-corrected chi connectivity index (χ4v) is 3.44. The molecular weight excluding hydrogens is 323 g/mol. The van der Waals surface area contributed by atoms with E-state index in [1.165, 1.54) is 6.07 Å². The Kier molecular flexibility index (Phi) is 5.13. The van der Waals surface area contributed by atoms with Gasteiger partial charge in [-0.3, -0.25) is 9.69 Å². The number of β-amino-alcohol motifs (C(OH)–C–C–N with tert-alkyl or cyclic N) is 1. The third-order valence-electron chi connectivity index (χ3n) is 4.70. The lowest BCUT2D eigenvalue weighted by Gasteiger charge is -2.30. The molecule has 1 aliphatic rings. The number of carbonyl (C=O) groups is 1. The van der Waals surface area contributed by atoms with Crippen molar-refractivity contribution in [2.45, 2.75) is 24.6 Å². The molecule has 2 aromatic rings. The highest BCUT2D eigenvalue weighted by atomic mass is 19.1. The average Bonchev–Trinajstić information content (AvgIpc) is 2.99. The number of hydrogen-bond acceptors (Lipinski definition) is 4. The topological polar surface area (TPSA) is 86.8 Å². The highest BCUT2D eigenvalue weighted by Gasteiger charge is 2.39. The fourth-order valence-electron chi connectivity index (χ4n) is 3.44. The van der Waals surface area contributed by atoms with Gasteiger partial charge in [0.1, 0.15) is 5.82 Å². The van der Waals surface area contributed by atoms with E-state index in [-0.39, 0.29) is 25.4 Å². The van der Waals surface area contributed by atoms with Crippen LogP contribution in [0.15, 0.2) is 48.5 Å². The Bertz CT molecular complexity index is 751. The molecule has 3 atom stereocenters. The maximum atomic E-state index is 13.9. The summed E-state index contributed by atoms with van der Waals surface area (Å²) in [5, 5.41) is 19.7. The minimum atomic E-state index is -0.649. The minimum absolute atomic E-state index is 0.213. The van der Waals surface area contributed by atoms with Crippen molar-refractivity contribution in [3.63, 3.8) is 0 Å². The lowest BCUT2D eigenvalue weighted by atomic mass is 9.99. The molecule has 3 rings (SSSR count). The monoisotopic (exact) mass is 344 g/mol. The molecule has 0 bridgehead atoms. The summed E-state index contributed by atoms with van der Waals surface area (Å²) in [5.41, 5.74) is 7.43. The van der Waals surface area contributed by atoms with E-state index in [2.05, 4.69) is 0 Å². The van der Waals surface area contributed by atoms with E-state index in [9.17, 15) is 19.4 Å². The maximum Gasteiger partial charge on any atom is 0.234 e. The second-order valence-electron chi connectivity index (χ2n) is 6.30. The van der Waals surface area contributed by atoms with E-state index >= 15 is 0 Å². The zero-order chi connectivity index (χ0) is 18.0. The van der Waals surface area contributed by atoms with E-state index in [1.807, 2.05) is 0 Å². The van der Waals surface area contributed by atoms with Gasteiger partial charge in [-0.2, -0.15) is 0 Å². The number of aliphatic hydroxyl groups excluding tert-OH is 2. The van der Waals surface area contributed by atoms with E-state index < -0.39 is 24.1 Å². The Morgan fingerprint density at radius 3 is 2.52 bits per heavy atom.